The number of anilines is 1. The van der Waals surface area contributed by atoms with Crippen LogP contribution in [0.3, 0.4) is 0 Å². The Kier molecular flexibility index (Phi) is 5.10. The van der Waals surface area contributed by atoms with E-state index in [1.807, 2.05) is 6.92 Å². The molecule has 0 saturated carbocycles. The SMILES string of the molecule is CC(C)CC(C)Nc1cccc(S(C)(=O)=O)c1[N+](=O)[O-]. The van der Waals surface area contributed by atoms with Gasteiger partial charge in [-0.15, -0.1) is 0 Å². The maximum absolute atomic E-state index is 11.6. The van der Waals surface area contributed by atoms with Crippen LogP contribution in [0.25, 0.3) is 0 Å². The molecule has 0 aromatic heterocycles. The van der Waals surface area contributed by atoms with Crippen molar-refractivity contribution in [2.24, 2.45) is 5.92 Å². The fraction of sp³-hybridized carbons (Fsp3) is 0.538. The van der Waals surface area contributed by atoms with Crippen LogP contribution in [0.15, 0.2) is 23.1 Å². The van der Waals surface area contributed by atoms with E-state index in [4.69, 9.17) is 0 Å². The monoisotopic (exact) mass is 300 g/mol. The first-order chi connectivity index (χ1) is 9.12. The molecule has 0 spiro atoms. The standard InChI is InChI=1S/C13H20N2O4S/c1-9(2)8-10(3)14-11-6-5-7-12(20(4,18)19)13(11)15(16)17/h5-7,9-10,14H,8H2,1-4H3. The van der Waals surface area contributed by atoms with E-state index in [9.17, 15) is 18.5 Å². The Morgan fingerprint density at radius 2 is 1.90 bits per heavy atom. The van der Waals surface area contributed by atoms with Crippen molar-refractivity contribution in [1.29, 1.82) is 0 Å². The summed E-state index contributed by atoms with van der Waals surface area (Å²) < 4.78 is 23.3. The first-order valence-corrected chi connectivity index (χ1v) is 8.26. The van der Waals surface area contributed by atoms with Crippen molar-refractivity contribution in [3.63, 3.8) is 0 Å². The molecule has 1 aromatic rings. The number of para-hydroxylation sites is 1. The molecule has 0 aliphatic rings. The molecular formula is C13H20N2O4S. The van der Waals surface area contributed by atoms with E-state index in [-0.39, 0.29) is 22.3 Å². The summed E-state index contributed by atoms with van der Waals surface area (Å²) in [5.74, 6) is 0.439. The average Bonchev–Trinajstić information content (AvgIpc) is 2.25. The average molecular weight is 300 g/mol. The van der Waals surface area contributed by atoms with E-state index in [0.29, 0.717) is 5.92 Å². The van der Waals surface area contributed by atoms with E-state index < -0.39 is 14.8 Å². The molecule has 1 rings (SSSR count). The number of hydrogen-bond acceptors (Lipinski definition) is 5. The van der Waals surface area contributed by atoms with Gasteiger partial charge in [-0.25, -0.2) is 8.42 Å². The van der Waals surface area contributed by atoms with Crippen LogP contribution in [-0.2, 0) is 9.84 Å². The zero-order valence-corrected chi connectivity index (χ0v) is 12.9. The Bertz CT molecular complexity index is 596. The van der Waals surface area contributed by atoms with Crippen molar-refractivity contribution in [3.8, 4) is 0 Å². The Morgan fingerprint density at radius 3 is 2.35 bits per heavy atom. The van der Waals surface area contributed by atoms with Crippen LogP contribution < -0.4 is 5.32 Å². The third-order valence-corrected chi connectivity index (χ3v) is 3.94. The van der Waals surface area contributed by atoms with Crippen LogP contribution in [0, 0.1) is 16.0 Å². The molecule has 1 unspecified atom stereocenters. The number of nitro benzene ring substituents is 1. The van der Waals surface area contributed by atoms with Crippen LogP contribution in [0.1, 0.15) is 27.2 Å². The molecule has 1 atom stereocenters. The molecule has 0 aliphatic heterocycles. The van der Waals surface area contributed by atoms with Crippen LogP contribution in [-0.4, -0.2) is 25.6 Å². The number of sulfone groups is 1. The van der Waals surface area contributed by atoms with Crippen molar-refractivity contribution < 1.29 is 13.3 Å². The van der Waals surface area contributed by atoms with Crippen LogP contribution in [0.2, 0.25) is 0 Å². The zero-order chi connectivity index (χ0) is 15.5. The zero-order valence-electron chi connectivity index (χ0n) is 12.1. The van der Waals surface area contributed by atoms with Gasteiger partial charge in [-0.3, -0.25) is 10.1 Å². The highest BCUT2D eigenvalue weighted by atomic mass is 32.2. The molecule has 0 bridgehead atoms. The molecule has 0 aliphatic carbocycles. The van der Waals surface area contributed by atoms with E-state index in [0.717, 1.165) is 12.7 Å². The van der Waals surface area contributed by atoms with Crippen LogP contribution in [0.5, 0.6) is 0 Å². The second-order valence-electron chi connectivity index (χ2n) is 5.36. The highest BCUT2D eigenvalue weighted by molar-refractivity contribution is 7.90. The lowest BCUT2D eigenvalue weighted by Crippen LogP contribution is -2.19. The van der Waals surface area contributed by atoms with E-state index >= 15 is 0 Å². The number of nitro groups is 1. The highest BCUT2D eigenvalue weighted by Crippen LogP contribution is 2.32. The summed E-state index contributed by atoms with van der Waals surface area (Å²) in [5, 5.41) is 14.2. The summed E-state index contributed by atoms with van der Waals surface area (Å²) in [7, 11) is -3.64. The highest BCUT2D eigenvalue weighted by Gasteiger charge is 2.26. The van der Waals surface area contributed by atoms with Gasteiger partial charge in [0.15, 0.2) is 9.84 Å². The van der Waals surface area contributed by atoms with E-state index in [1.165, 1.54) is 18.2 Å². The van der Waals surface area contributed by atoms with Gasteiger partial charge < -0.3 is 5.32 Å². The number of nitrogens with zero attached hydrogens (tertiary/aromatic N) is 1. The Morgan fingerprint density at radius 1 is 1.30 bits per heavy atom. The molecule has 7 heteroatoms. The first-order valence-electron chi connectivity index (χ1n) is 6.37. The van der Waals surface area contributed by atoms with Crippen molar-refractivity contribution in [1.82, 2.24) is 0 Å². The minimum atomic E-state index is -3.64. The first kappa shape index (κ1) is 16.4. The molecule has 20 heavy (non-hydrogen) atoms. The molecule has 6 nitrogen and oxygen atoms in total. The van der Waals surface area contributed by atoms with Crippen molar-refractivity contribution in [3.05, 3.63) is 28.3 Å². The molecule has 0 amide bonds. The molecule has 0 radical (unpaired) electrons. The fourth-order valence-electron chi connectivity index (χ4n) is 2.16. The van der Waals surface area contributed by atoms with Crippen molar-refractivity contribution in [2.45, 2.75) is 38.1 Å². The lowest BCUT2D eigenvalue weighted by molar-refractivity contribution is -0.386. The van der Waals surface area contributed by atoms with Gasteiger partial charge in [-0.05, 0) is 31.4 Å². The summed E-state index contributed by atoms with van der Waals surface area (Å²) in [5.41, 5.74) is -0.142. The number of rotatable bonds is 6. The minimum absolute atomic E-state index is 0.0171. The molecule has 1 N–H and O–H groups in total. The van der Waals surface area contributed by atoms with Gasteiger partial charge in [0, 0.05) is 12.3 Å². The summed E-state index contributed by atoms with van der Waals surface area (Å²) in [6, 6.07) is 4.31. The van der Waals surface area contributed by atoms with Gasteiger partial charge >= 0.3 is 5.69 Å². The Balaban J connectivity index is 3.24. The van der Waals surface area contributed by atoms with E-state index in [2.05, 4.69) is 19.2 Å². The predicted octanol–water partition coefficient (Wildman–Crippen LogP) is 2.84. The summed E-state index contributed by atoms with van der Waals surface area (Å²) in [6.45, 7) is 6.02. The van der Waals surface area contributed by atoms with Gasteiger partial charge in [-0.2, -0.15) is 0 Å². The summed E-state index contributed by atoms with van der Waals surface area (Å²) in [6.07, 6.45) is 1.80. The quantitative estimate of drug-likeness (QED) is 0.644. The second kappa shape index (κ2) is 6.21. The van der Waals surface area contributed by atoms with Crippen molar-refractivity contribution in [2.75, 3.05) is 11.6 Å². The predicted molar refractivity (Wildman–Crippen MR) is 78.7 cm³/mol. The third-order valence-electron chi connectivity index (χ3n) is 2.81. The fourth-order valence-corrected chi connectivity index (χ4v) is 3.02. The normalized spacial score (nSPS) is 13.2. The third kappa shape index (κ3) is 4.19. The lowest BCUT2D eigenvalue weighted by Gasteiger charge is -2.17. The number of benzene rings is 1. The summed E-state index contributed by atoms with van der Waals surface area (Å²) >= 11 is 0. The van der Waals surface area contributed by atoms with Gasteiger partial charge in [0.2, 0.25) is 0 Å². The molecule has 112 valence electrons. The van der Waals surface area contributed by atoms with Crippen molar-refractivity contribution >= 4 is 21.2 Å². The van der Waals surface area contributed by atoms with Crippen LogP contribution >= 0.6 is 0 Å². The maximum atomic E-state index is 11.6. The van der Waals surface area contributed by atoms with Crippen LogP contribution in [0.4, 0.5) is 11.4 Å². The smallest absolute Gasteiger partial charge is 0.310 e. The number of hydrogen-bond donors (Lipinski definition) is 1. The summed E-state index contributed by atoms with van der Waals surface area (Å²) in [4.78, 5) is 10.3. The Labute approximate surface area is 119 Å². The van der Waals surface area contributed by atoms with Gasteiger partial charge in [0.1, 0.15) is 10.6 Å². The lowest BCUT2D eigenvalue weighted by atomic mass is 10.0. The maximum Gasteiger partial charge on any atom is 0.310 e. The number of nitrogens with one attached hydrogen (secondary N) is 1. The Hall–Kier alpha value is -1.63. The topological polar surface area (TPSA) is 89.3 Å². The van der Waals surface area contributed by atoms with Gasteiger partial charge in [0.05, 0.1) is 4.92 Å². The molecular weight excluding hydrogens is 280 g/mol. The van der Waals surface area contributed by atoms with Gasteiger partial charge in [-0.1, -0.05) is 19.9 Å². The molecule has 0 fully saturated rings. The molecule has 0 saturated heterocycles. The molecule has 0 heterocycles. The molecule has 1 aromatic carbocycles. The second-order valence-corrected chi connectivity index (χ2v) is 7.34. The van der Waals surface area contributed by atoms with Gasteiger partial charge in [0.25, 0.3) is 0 Å². The van der Waals surface area contributed by atoms with E-state index in [1.54, 1.807) is 0 Å². The minimum Gasteiger partial charge on any atom is -0.377 e. The largest absolute Gasteiger partial charge is 0.377 e.